The molecule has 1 atom stereocenters. The molecule has 1 unspecified atom stereocenters. The van der Waals surface area contributed by atoms with Gasteiger partial charge in [0.15, 0.2) is 16.6 Å². The zero-order valence-corrected chi connectivity index (χ0v) is 26.7. The summed E-state index contributed by atoms with van der Waals surface area (Å²) in [6, 6.07) is 16.4. The van der Waals surface area contributed by atoms with Crippen molar-refractivity contribution in [2.45, 2.75) is 46.1 Å². The molecule has 230 valence electrons. The molecule has 0 aliphatic carbocycles. The maximum absolute atomic E-state index is 13.7. The zero-order valence-electron chi connectivity index (χ0n) is 25.1. The first-order chi connectivity index (χ1) is 21.2. The number of unbranched alkanes of at least 4 members (excludes halogenated alkanes) is 1. The molecule has 10 heteroatoms. The van der Waals surface area contributed by atoms with Crippen molar-refractivity contribution < 1.29 is 28.9 Å². The molecule has 8 nitrogen and oxygen atoms in total. The van der Waals surface area contributed by atoms with Gasteiger partial charge in [-0.2, -0.15) is 0 Å². The second-order valence-corrected chi connectivity index (χ2v) is 12.4. The molecule has 1 N–H and O–H groups in total. The molecule has 0 bridgehead atoms. The number of aliphatic hydroxyl groups excluding tert-OH is 1. The van der Waals surface area contributed by atoms with Gasteiger partial charge in [0.2, 0.25) is 0 Å². The van der Waals surface area contributed by atoms with Crippen molar-refractivity contribution in [3.63, 3.8) is 0 Å². The van der Waals surface area contributed by atoms with Gasteiger partial charge in [-0.15, -0.1) is 0 Å². The summed E-state index contributed by atoms with van der Waals surface area (Å²) < 4.78 is 18.3. The Hall–Kier alpha value is -4.08. The van der Waals surface area contributed by atoms with E-state index < -0.39 is 17.7 Å². The number of ketones is 1. The van der Waals surface area contributed by atoms with Crippen molar-refractivity contribution in [1.29, 1.82) is 0 Å². The van der Waals surface area contributed by atoms with Crippen LogP contribution in [0.5, 0.6) is 17.2 Å². The van der Waals surface area contributed by atoms with Gasteiger partial charge in [-0.05, 0) is 66.8 Å². The Morgan fingerprint density at radius 3 is 2.61 bits per heavy atom. The maximum atomic E-state index is 13.7. The van der Waals surface area contributed by atoms with Gasteiger partial charge in [0.05, 0.1) is 42.2 Å². The number of benzene rings is 3. The second kappa shape index (κ2) is 13.7. The second-order valence-electron chi connectivity index (χ2n) is 10.9. The van der Waals surface area contributed by atoms with Crippen LogP contribution >= 0.6 is 22.9 Å². The van der Waals surface area contributed by atoms with E-state index in [1.54, 1.807) is 60.7 Å². The van der Waals surface area contributed by atoms with E-state index in [-0.39, 0.29) is 11.3 Å². The Labute approximate surface area is 265 Å². The number of nitrogens with zero attached hydrogens (tertiary/aromatic N) is 2. The Balaban J connectivity index is 1.63. The third-order valence-corrected chi connectivity index (χ3v) is 8.57. The monoisotopic (exact) mass is 634 g/mol. The molecule has 4 aromatic rings. The fraction of sp³-hybridized carbons (Fsp3) is 0.324. The summed E-state index contributed by atoms with van der Waals surface area (Å²) in [5, 5.41) is 12.5. The van der Waals surface area contributed by atoms with Crippen molar-refractivity contribution in [2.24, 2.45) is 5.92 Å². The number of Topliss-reactive ketones (excluding diaryl/α,β-unsaturated/α-hetero) is 1. The molecule has 1 fully saturated rings. The zero-order chi connectivity index (χ0) is 31.4. The number of hydrogen-bond donors (Lipinski definition) is 1. The van der Waals surface area contributed by atoms with E-state index in [2.05, 4.69) is 25.8 Å². The van der Waals surface area contributed by atoms with E-state index >= 15 is 0 Å². The first-order valence-corrected chi connectivity index (χ1v) is 15.8. The summed E-state index contributed by atoms with van der Waals surface area (Å²) in [4.78, 5) is 33.5. The molecular weight excluding hydrogens is 600 g/mol. The highest BCUT2D eigenvalue weighted by Gasteiger charge is 2.48. The normalized spacial score (nSPS) is 16.2. The smallest absolute Gasteiger partial charge is 0.301 e. The predicted molar refractivity (Wildman–Crippen MR) is 174 cm³/mol. The van der Waals surface area contributed by atoms with Crippen LogP contribution in [0.25, 0.3) is 16.0 Å². The van der Waals surface area contributed by atoms with E-state index in [9.17, 15) is 14.7 Å². The fourth-order valence-corrected chi connectivity index (χ4v) is 6.20. The molecule has 3 aromatic carbocycles. The molecule has 1 aromatic heterocycles. The van der Waals surface area contributed by atoms with E-state index in [1.807, 2.05) is 0 Å². The molecule has 1 amide bonds. The molecule has 5 rings (SSSR count). The molecule has 0 radical (unpaired) electrons. The van der Waals surface area contributed by atoms with Crippen LogP contribution in [0.15, 0.2) is 66.2 Å². The lowest BCUT2D eigenvalue weighted by atomic mass is 9.95. The number of carbonyl (C=O) groups is 2. The van der Waals surface area contributed by atoms with Crippen LogP contribution < -0.4 is 19.1 Å². The number of fused-ring (bicyclic) bond motifs is 1. The minimum Gasteiger partial charge on any atom is -0.507 e. The van der Waals surface area contributed by atoms with Gasteiger partial charge in [0.25, 0.3) is 5.78 Å². The van der Waals surface area contributed by atoms with Gasteiger partial charge in [-0.25, -0.2) is 4.98 Å². The largest absolute Gasteiger partial charge is 0.507 e. The quantitative estimate of drug-likeness (QED) is 0.0726. The first kappa shape index (κ1) is 31.3. The van der Waals surface area contributed by atoms with Crippen LogP contribution in [-0.2, 0) is 9.59 Å². The van der Waals surface area contributed by atoms with E-state index in [4.69, 9.17) is 25.8 Å². The highest BCUT2D eigenvalue weighted by Crippen LogP contribution is 2.46. The highest BCUT2D eigenvalue weighted by molar-refractivity contribution is 7.22. The number of methoxy groups -OCH3 is 1. The molecule has 44 heavy (non-hydrogen) atoms. The number of aromatic nitrogens is 1. The van der Waals surface area contributed by atoms with Crippen molar-refractivity contribution in [2.75, 3.05) is 25.2 Å². The summed E-state index contributed by atoms with van der Waals surface area (Å²) >= 11 is 7.46. The van der Waals surface area contributed by atoms with Crippen LogP contribution in [0, 0.1) is 5.92 Å². The minimum atomic E-state index is -0.991. The average Bonchev–Trinajstić information content (AvgIpc) is 3.54. The van der Waals surface area contributed by atoms with Crippen molar-refractivity contribution in [1.82, 2.24) is 4.98 Å². The molecule has 0 spiro atoms. The molecule has 1 aliphatic rings. The van der Waals surface area contributed by atoms with Crippen molar-refractivity contribution >= 4 is 55.7 Å². The third-order valence-electron chi connectivity index (χ3n) is 7.32. The number of carbonyl (C=O) groups excluding carboxylic acids is 2. The molecular formula is C34H35ClN2O6S. The van der Waals surface area contributed by atoms with Crippen LogP contribution in [0.3, 0.4) is 0 Å². The maximum Gasteiger partial charge on any atom is 0.301 e. The van der Waals surface area contributed by atoms with Crippen LogP contribution in [0.4, 0.5) is 5.13 Å². The summed E-state index contributed by atoms with van der Waals surface area (Å²) in [6.45, 7) is 7.35. The number of anilines is 1. The molecule has 0 saturated carbocycles. The number of aliphatic hydroxyl groups is 1. The predicted octanol–water partition coefficient (Wildman–Crippen LogP) is 8.19. The van der Waals surface area contributed by atoms with E-state index in [0.717, 1.165) is 24.0 Å². The average molecular weight is 635 g/mol. The van der Waals surface area contributed by atoms with Crippen LogP contribution in [-0.4, -0.2) is 42.1 Å². The summed E-state index contributed by atoms with van der Waals surface area (Å²) in [5.74, 6) is 0.0866. The summed E-state index contributed by atoms with van der Waals surface area (Å²) in [7, 11) is 1.53. The van der Waals surface area contributed by atoms with E-state index in [1.165, 1.54) is 23.3 Å². The summed E-state index contributed by atoms with van der Waals surface area (Å²) in [6.07, 6.45) is 2.73. The third kappa shape index (κ3) is 6.54. The number of hydrogen-bond acceptors (Lipinski definition) is 8. The van der Waals surface area contributed by atoms with Gasteiger partial charge >= 0.3 is 5.91 Å². The van der Waals surface area contributed by atoms with Gasteiger partial charge < -0.3 is 19.3 Å². The number of amides is 1. The number of rotatable bonds is 12. The molecule has 2 heterocycles. The molecule has 1 saturated heterocycles. The molecule has 1 aliphatic heterocycles. The Morgan fingerprint density at radius 1 is 1.05 bits per heavy atom. The number of ether oxygens (including phenoxy) is 3. The standard InChI is InChI=1S/C34H35ClN2O6S/c1-5-6-15-42-24-9-7-8-22(17-24)31(38)29-30(21-10-13-26(27(18-21)41-4)43-16-14-20(2)3)37(33(40)32(29)39)34-36-25-12-11-23(35)19-28(25)44-34/h7-13,17-20,30,38H,5-6,14-16H2,1-4H3. The van der Waals surface area contributed by atoms with Crippen molar-refractivity contribution in [3.05, 3.63) is 82.4 Å². The lowest BCUT2D eigenvalue weighted by Crippen LogP contribution is -2.29. The highest BCUT2D eigenvalue weighted by atomic mass is 35.5. The summed E-state index contributed by atoms with van der Waals surface area (Å²) in [5.41, 5.74) is 1.48. The topological polar surface area (TPSA) is 98.2 Å². The van der Waals surface area contributed by atoms with E-state index in [0.29, 0.717) is 63.2 Å². The van der Waals surface area contributed by atoms with Crippen molar-refractivity contribution in [3.8, 4) is 17.2 Å². The lowest BCUT2D eigenvalue weighted by Gasteiger charge is -2.24. The van der Waals surface area contributed by atoms with Crippen LogP contribution in [0.1, 0.15) is 57.2 Å². The van der Waals surface area contributed by atoms with Gasteiger partial charge in [0.1, 0.15) is 11.5 Å². The fourth-order valence-electron chi connectivity index (χ4n) is 4.94. The van der Waals surface area contributed by atoms with Crippen LogP contribution in [0.2, 0.25) is 5.02 Å². The van der Waals surface area contributed by atoms with Gasteiger partial charge in [-0.3, -0.25) is 14.5 Å². The van der Waals surface area contributed by atoms with Gasteiger partial charge in [-0.1, -0.05) is 68.3 Å². The Bertz CT molecular complexity index is 1720. The SMILES string of the molecule is CCCCOc1cccc(C(O)=C2C(=O)C(=O)N(c3nc4ccc(Cl)cc4s3)C2c2ccc(OCCC(C)C)c(OC)c2)c1. The van der Waals surface area contributed by atoms with Gasteiger partial charge in [0, 0.05) is 10.6 Å². The lowest BCUT2D eigenvalue weighted by molar-refractivity contribution is -0.132. The number of thiazole rings is 1. The Morgan fingerprint density at radius 2 is 1.86 bits per heavy atom. The number of halogens is 1. The Kier molecular flexibility index (Phi) is 9.76. The first-order valence-electron chi connectivity index (χ1n) is 14.6. The minimum absolute atomic E-state index is 0.0616.